The van der Waals surface area contributed by atoms with Gasteiger partial charge >= 0.3 is 6.09 Å². The molecule has 0 bridgehead atoms. The fraction of sp³-hybridized carbons (Fsp3) is 0.412. The van der Waals surface area contributed by atoms with Crippen molar-refractivity contribution in [1.82, 2.24) is 5.32 Å². The van der Waals surface area contributed by atoms with E-state index in [4.69, 9.17) is 15.2 Å². The second kappa shape index (κ2) is 8.22. The zero-order valence-electron chi connectivity index (χ0n) is 13.8. The van der Waals surface area contributed by atoms with Crippen LogP contribution in [0.1, 0.15) is 26.3 Å². The number of ether oxygens (including phenoxy) is 2. The summed E-state index contributed by atoms with van der Waals surface area (Å²) >= 11 is 0. The molecule has 126 valence electrons. The number of nitrogens with two attached hydrogens (primary N) is 1. The van der Waals surface area contributed by atoms with Crippen LogP contribution in [0, 0.1) is 0 Å². The van der Waals surface area contributed by atoms with Crippen LogP contribution >= 0.6 is 0 Å². The summed E-state index contributed by atoms with van der Waals surface area (Å²) < 4.78 is 10.5. The highest BCUT2D eigenvalue weighted by Crippen LogP contribution is 2.14. The smallest absolute Gasteiger partial charge is 0.408 e. The van der Waals surface area contributed by atoms with Crippen LogP contribution in [0.25, 0.3) is 0 Å². The fourth-order valence-electron chi connectivity index (χ4n) is 1.79. The van der Waals surface area contributed by atoms with E-state index >= 15 is 0 Å². The predicted molar refractivity (Wildman–Crippen MR) is 88.2 cm³/mol. The molecule has 0 aliphatic heterocycles. The van der Waals surface area contributed by atoms with E-state index in [-0.39, 0.29) is 6.42 Å². The first-order valence-electron chi connectivity index (χ1n) is 7.32. The Morgan fingerprint density at radius 3 is 2.39 bits per heavy atom. The molecule has 0 spiro atoms. The fourth-order valence-corrected chi connectivity index (χ4v) is 1.79. The highest BCUT2D eigenvalue weighted by atomic mass is 16.6. The Morgan fingerprint density at radius 2 is 1.91 bits per heavy atom. The number of hydrogen-bond acceptors (Lipinski definition) is 4. The van der Waals surface area contributed by atoms with E-state index in [9.17, 15) is 9.59 Å². The van der Waals surface area contributed by atoms with Gasteiger partial charge in [0.25, 0.3) is 0 Å². The molecule has 0 saturated heterocycles. The van der Waals surface area contributed by atoms with Crippen molar-refractivity contribution in [3.05, 3.63) is 42.5 Å². The first-order valence-corrected chi connectivity index (χ1v) is 7.32. The Bertz CT molecular complexity index is 547. The summed E-state index contributed by atoms with van der Waals surface area (Å²) in [7, 11) is 0. The largest absolute Gasteiger partial charge is 0.490 e. The van der Waals surface area contributed by atoms with Crippen molar-refractivity contribution in [2.24, 2.45) is 5.73 Å². The molecule has 0 heterocycles. The molecule has 1 aromatic rings. The van der Waals surface area contributed by atoms with Crippen molar-refractivity contribution in [2.75, 3.05) is 6.61 Å². The molecule has 0 saturated carbocycles. The number of hydrogen-bond donors (Lipinski definition) is 2. The van der Waals surface area contributed by atoms with E-state index in [1.807, 2.05) is 12.1 Å². The van der Waals surface area contributed by atoms with E-state index in [1.165, 1.54) is 0 Å². The number of primary amides is 1. The molecule has 0 aliphatic rings. The lowest BCUT2D eigenvalue weighted by molar-refractivity contribution is -0.120. The Balaban J connectivity index is 2.67. The molecule has 0 fully saturated rings. The van der Waals surface area contributed by atoms with Crippen molar-refractivity contribution in [3.8, 4) is 5.75 Å². The second-order valence-electron chi connectivity index (χ2n) is 6.05. The summed E-state index contributed by atoms with van der Waals surface area (Å²) in [6, 6.07) is 6.34. The molecule has 23 heavy (non-hydrogen) atoms. The van der Waals surface area contributed by atoms with E-state index < -0.39 is 23.6 Å². The molecule has 0 aliphatic carbocycles. The summed E-state index contributed by atoms with van der Waals surface area (Å²) in [5, 5.41) is 2.49. The van der Waals surface area contributed by atoms with Gasteiger partial charge in [0.1, 0.15) is 24.0 Å². The minimum absolute atomic E-state index is 0.274. The lowest BCUT2D eigenvalue weighted by Gasteiger charge is -2.22. The van der Waals surface area contributed by atoms with Gasteiger partial charge in [0, 0.05) is 6.42 Å². The summed E-state index contributed by atoms with van der Waals surface area (Å²) in [5.74, 6) is 0.0761. The van der Waals surface area contributed by atoms with Crippen LogP contribution in [-0.4, -0.2) is 30.3 Å². The van der Waals surface area contributed by atoms with Crippen molar-refractivity contribution < 1.29 is 19.1 Å². The lowest BCUT2D eigenvalue weighted by atomic mass is 10.1. The number of benzene rings is 1. The van der Waals surface area contributed by atoms with Gasteiger partial charge in [0.15, 0.2) is 0 Å². The Morgan fingerprint density at radius 1 is 1.30 bits per heavy atom. The summed E-state index contributed by atoms with van der Waals surface area (Å²) in [4.78, 5) is 23.3. The van der Waals surface area contributed by atoms with Crippen LogP contribution in [0.3, 0.4) is 0 Å². The summed E-state index contributed by atoms with van der Waals surface area (Å²) in [5.41, 5.74) is 5.55. The highest BCUT2D eigenvalue weighted by Gasteiger charge is 2.22. The molecule has 3 N–H and O–H groups in total. The van der Waals surface area contributed by atoms with Gasteiger partial charge < -0.3 is 20.5 Å². The molecule has 0 radical (unpaired) electrons. The van der Waals surface area contributed by atoms with Gasteiger partial charge in [-0.15, -0.1) is 0 Å². The van der Waals surface area contributed by atoms with Crippen LogP contribution in [0.15, 0.2) is 36.9 Å². The summed E-state index contributed by atoms with van der Waals surface area (Å²) in [6.45, 7) is 9.23. The van der Waals surface area contributed by atoms with Gasteiger partial charge in [0.2, 0.25) is 5.91 Å². The molecule has 0 aromatic heterocycles. The van der Waals surface area contributed by atoms with Gasteiger partial charge in [-0.25, -0.2) is 4.79 Å². The van der Waals surface area contributed by atoms with Crippen molar-refractivity contribution in [1.29, 1.82) is 0 Å². The van der Waals surface area contributed by atoms with Crippen LogP contribution in [0.2, 0.25) is 0 Å². The molecular formula is C17H24N2O4. The SMILES string of the molecule is C=CCOc1ccc(C[C@H](NC(=O)OC(C)(C)C)C(N)=O)cc1. The minimum Gasteiger partial charge on any atom is -0.490 e. The number of alkyl carbamates (subject to hydrolysis) is 1. The van der Waals surface area contributed by atoms with Crippen LogP contribution in [0.4, 0.5) is 4.79 Å². The summed E-state index contributed by atoms with van der Waals surface area (Å²) in [6.07, 6.45) is 1.25. The number of rotatable bonds is 7. The maximum Gasteiger partial charge on any atom is 0.408 e. The quantitative estimate of drug-likeness (QED) is 0.753. The molecule has 2 amide bonds. The molecule has 6 nitrogen and oxygen atoms in total. The second-order valence-corrected chi connectivity index (χ2v) is 6.05. The van der Waals surface area contributed by atoms with Crippen molar-refractivity contribution >= 4 is 12.0 Å². The molecular weight excluding hydrogens is 296 g/mol. The Hall–Kier alpha value is -2.50. The maximum atomic E-state index is 11.8. The van der Waals surface area contributed by atoms with E-state index in [0.717, 1.165) is 5.56 Å². The van der Waals surface area contributed by atoms with Gasteiger partial charge in [-0.2, -0.15) is 0 Å². The van der Waals surface area contributed by atoms with E-state index in [0.29, 0.717) is 12.4 Å². The van der Waals surface area contributed by atoms with Gasteiger partial charge in [0.05, 0.1) is 0 Å². The number of carbonyl (C=O) groups excluding carboxylic acids is 2. The zero-order chi connectivity index (χ0) is 17.5. The molecule has 1 rings (SSSR count). The Kier molecular flexibility index (Phi) is 6.63. The van der Waals surface area contributed by atoms with Crippen molar-refractivity contribution in [2.45, 2.75) is 38.8 Å². The van der Waals surface area contributed by atoms with Crippen LogP contribution in [-0.2, 0) is 16.0 Å². The Labute approximate surface area is 136 Å². The first kappa shape index (κ1) is 18.5. The lowest BCUT2D eigenvalue weighted by Crippen LogP contribution is -2.47. The van der Waals surface area contributed by atoms with E-state index in [2.05, 4.69) is 11.9 Å². The average Bonchev–Trinajstić information content (AvgIpc) is 2.43. The number of carbonyl (C=O) groups is 2. The van der Waals surface area contributed by atoms with Crippen LogP contribution < -0.4 is 15.8 Å². The molecule has 6 heteroatoms. The maximum absolute atomic E-state index is 11.8. The highest BCUT2D eigenvalue weighted by molar-refractivity contribution is 5.84. The predicted octanol–water partition coefficient (Wildman–Crippen LogP) is 2.17. The molecule has 0 unspecified atom stereocenters. The average molecular weight is 320 g/mol. The third-order valence-corrected chi connectivity index (χ3v) is 2.77. The van der Waals surface area contributed by atoms with Gasteiger partial charge in [-0.3, -0.25) is 4.79 Å². The monoisotopic (exact) mass is 320 g/mol. The first-order chi connectivity index (χ1) is 10.7. The third kappa shape index (κ3) is 7.35. The third-order valence-electron chi connectivity index (χ3n) is 2.77. The number of nitrogens with one attached hydrogen (secondary N) is 1. The topological polar surface area (TPSA) is 90.7 Å². The normalized spacial score (nSPS) is 12.1. The standard InChI is InChI=1S/C17H24N2O4/c1-5-10-22-13-8-6-12(7-9-13)11-14(15(18)20)19-16(21)23-17(2,3)4/h5-9,14H,1,10-11H2,2-4H3,(H2,18,20)(H,19,21)/t14-/m0/s1. The van der Waals surface area contributed by atoms with Crippen LogP contribution in [0.5, 0.6) is 5.75 Å². The molecule has 1 atom stereocenters. The van der Waals surface area contributed by atoms with Crippen molar-refractivity contribution in [3.63, 3.8) is 0 Å². The number of amides is 2. The zero-order valence-corrected chi connectivity index (χ0v) is 13.8. The van der Waals surface area contributed by atoms with E-state index in [1.54, 1.807) is 39.0 Å². The minimum atomic E-state index is -0.843. The van der Waals surface area contributed by atoms with Gasteiger partial charge in [-0.1, -0.05) is 24.8 Å². The molecule has 1 aromatic carbocycles. The van der Waals surface area contributed by atoms with Gasteiger partial charge in [-0.05, 0) is 38.5 Å².